The fourth-order valence-corrected chi connectivity index (χ4v) is 2.54. The van der Waals surface area contributed by atoms with Crippen LogP contribution in [0.4, 0.5) is 16.2 Å². The van der Waals surface area contributed by atoms with Crippen LogP contribution in [0.15, 0.2) is 48.7 Å². The van der Waals surface area contributed by atoms with Gasteiger partial charge >= 0.3 is 6.03 Å². The molecular formula is C17H14BClN4O2. The van der Waals surface area contributed by atoms with Crippen LogP contribution in [0.5, 0.6) is 5.75 Å². The van der Waals surface area contributed by atoms with Crippen LogP contribution in [0.3, 0.4) is 0 Å². The Bertz CT molecular complexity index is 905. The Labute approximate surface area is 150 Å². The molecule has 2 aromatic carbocycles. The lowest BCUT2D eigenvalue weighted by molar-refractivity contribution is 0.262. The number of aryl methyl sites for hydroxylation is 1. The van der Waals surface area contributed by atoms with Crippen molar-refractivity contribution >= 4 is 42.3 Å². The number of rotatable bonds is 3. The molecule has 0 saturated heterocycles. The van der Waals surface area contributed by atoms with Gasteiger partial charge in [-0.1, -0.05) is 17.1 Å². The van der Waals surface area contributed by atoms with Gasteiger partial charge in [0.05, 0.1) is 5.69 Å². The number of phenols is 1. The third-order valence-corrected chi connectivity index (χ3v) is 3.83. The van der Waals surface area contributed by atoms with Gasteiger partial charge in [-0.05, 0) is 42.5 Å². The predicted octanol–water partition coefficient (Wildman–Crippen LogP) is 2.88. The molecule has 8 heteroatoms. The number of nitrogens with zero attached hydrogens (tertiary/aromatic N) is 2. The molecule has 0 atom stereocenters. The molecule has 2 amide bonds. The lowest BCUT2D eigenvalue weighted by Crippen LogP contribution is -2.19. The van der Waals surface area contributed by atoms with E-state index >= 15 is 0 Å². The quantitative estimate of drug-likeness (QED) is 0.501. The number of carbonyl (C=O) groups excluding carboxylic acids is 1. The second-order valence-corrected chi connectivity index (χ2v) is 5.83. The van der Waals surface area contributed by atoms with Crippen LogP contribution >= 0.6 is 11.6 Å². The van der Waals surface area contributed by atoms with Gasteiger partial charge in [0.25, 0.3) is 0 Å². The number of hydrogen-bond donors (Lipinski definition) is 3. The number of aromatic hydroxyl groups is 1. The highest BCUT2D eigenvalue weighted by Crippen LogP contribution is 2.30. The smallest absolute Gasteiger partial charge is 0.323 e. The second-order valence-electron chi connectivity index (χ2n) is 5.39. The van der Waals surface area contributed by atoms with E-state index in [1.807, 2.05) is 0 Å². The summed E-state index contributed by atoms with van der Waals surface area (Å²) >= 11 is 5.82. The maximum atomic E-state index is 12.1. The van der Waals surface area contributed by atoms with Crippen molar-refractivity contribution in [3.05, 3.63) is 53.7 Å². The standard InChI is InChI=1S/C17H14BClN4O2/c1-23-16(14(18)9-20-23)13-8-12(6-7-15(13)24)22-17(25)21-11-4-2-10(19)3-5-11/h2-9,24H,1H3,(H2,21,22,25). The van der Waals surface area contributed by atoms with Crippen molar-refractivity contribution in [2.24, 2.45) is 7.05 Å². The van der Waals surface area contributed by atoms with Crippen molar-refractivity contribution in [1.29, 1.82) is 0 Å². The molecule has 0 unspecified atom stereocenters. The van der Waals surface area contributed by atoms with E-state index in [0.717, 1.165) is 0 Å². The summed E-state index contributed by atoms with van der Waals surface area (Å²) in [5.41, 5.74) is 2.58. The molecule has 1 aromatic heterocycles. The molecule has 0 saturated carbocycles. The van der Waals surface area contributed by atoms with E-state index < -0.39 is 6.03 Å². The first-order valence-corrected chi connectivity index (χ1v) is 7.76. The zero-order chi connectivity index (χ0) is 18.0. The van der Waals surface area contributed by atoms with Gasteiger partial charge in [0, 0.05) is 35.2 Å². The Hall–Kier alpha value is -2.93. The summed E-state index contributed by atoms with van der Waals surface area (Å²) < 4.78 is 1.56. The molecule has 0 spiro atoms. The van der Waals surface area contributed by atoms with Gasteiger partial charge in [-0.15, -0.1) is 0 Å². The zero-order valence-corrected chi connectivity index (χ0v) is 14.1. The maximum Gasteiger partial charge on any atom is 0.323 e. The molecule has 0 bridgehead atoms. The number of amides is 2. The first-order chi connectivity index (χ1) is 11.9. The minimum atomic E-state index is -0.419. The van der Waals surface area contributed by atoms with E-state index in [9.17, 15) is 9.90 Å². The summed E-state index contributed by atoms with van der Waals surface area (Å²) in [6.45, 7) is 0. The normalized spacial score (nSPS) is 10.5. The van der Waals surface area contributed by atoms with Crippen molar-refractivity contribution < 1.29 is 9.90 Å². The van der Waals surface area contributed by atoms with Gasteiger partial charge in [-0.3, -0.25) is 4.68 Å². The topological polar surface area (TPSA) is 79.2 Å². The first kappa shape index (κ1) is 16.9. The molecule has 1 heterocycles. The van der Waals surface area contributed by atoms with E-state index in [-0.39, 0.29) is 5.75 Å². The van der Waals surface area contributed by atoms with Crippen molar-refractivity contribution in [3.8, 4) is 17.0 Å². The Morgan fingerprint density at radius 2 is 1.80 bits per heavy atom. The monoisotopic (exact) mass is 352 g/mol. The number of hydrogen-bond acceptors (Lipinski definition) is 3. The van der Waals surface area contributed by atoms with Crippen LogP contribution in [-0.2, 0) is 7.05 Å². The number of carbonyl (C=O) groups is 1. The number of phenolic OH excluding ortho intramolecular Hbond substituents is 1. The molecule has 2 radical (unpaired) electrons. The van der Waals surface area contributed by atoms with E-state index in [0.29, 0.717) is 33.1 Å². The molecular weight excluding hydrogens is 338 g/mol. The lowest BCUT2D eigenvalue weighted by Gasteiger charge is -2.11. The average molecular weight is 353 g/mol. The number of halogens is 1. The van der Waals surface area contributed by atoms with Crippen LogP contribution in [0.2, 0.25) is 5.02 Å². The van der Waals surface area contributed by atoms with Gasteiger partial charge in [-0.25, -0.2) is 4.79 Å². The van der Waals surface area contributed by atoms with Gasteiger partial charge < -0.3 is 15.7 Å². The third kappa shape index (κ3) is 3.77. The average Bonchev–Trinajstić information content (AvgIpc) is 2.90. The molecule has 6 nitrogen and oxygen atoms in total. The van der Waals surface area contributed by atoms with E-state index in [1.165, 1.54) is 12.3 Å². The molecule has 0 aliphatic rings. The minimum Gasteiger partial charge on any atom is -0.507 e. The number of aromatic nitrogens is 2. The molecule has 3 N–H and O–H groups in total. The van der Waals surface area contributed by atoms with Gasteiger partial charge in [0.15, 0.2) is 0 Å². The highest BCUT2D eigenvalue weighted by molar-refractivity contribution is 6.35. The van der Waals surface area contributed by atoms with Crippen molar-refractivity contribution in [2.75, 3.05) is 10.6 Å². The number of benzene rings is 2. The Morgan fingerprint density at radius 3 is 2.44 bits per heavy atom. The SMILES string of the molecule is [B]c1cnn(C)c1-c1cc(NC(=O)Nc2ccc(Cl)cc2)ccc1O. The first-order valence-electron chi connectivity index (χ1n) is 7.38. The fourth-order valence-electron chi connectivity index (χ4n) is 2.41. The van der Waals surface area contributed by atoms with E-state index in [4.69, 9.17) is 19.4 Å². The molecule has 124 valence electrons. The van der Waals surface area contributed by atoms with Crippen LogP contribution in [0.1, 0.15) is 0 Å². The maximum absolute atomic E-state index is 12.1. The third-order valence-electron chi connectivity index (χ3n) is 3.58. The Balaban J connectivity index is 1.80. The minimum absolute atomic E-state index is 0.0407. The summed E-state index contributed by atoms with van der Waals surface area (Å²) in [5, 5.41) is 20.2. The molecule has 0 fully saturated rings. The van der Waals surface area contributed by atoms with Crippen molar-refractivity contribution in [2.45, 2.75) is 0 Å². The fraction of sp³-hybridized carbons (Fsp3) is 0.0588. The summed E-state index contributed by atoms with van der Waals surface area (Å²) in [5.74, 6) is 0.0407. The van der Waals surface area contributed by atoms with Crippen LogP contribution < -0.4 is 16.1 Å². The van der Waals surface area contributed by atoms with E-state index in [2.05, 4.69) is 15.7 Å². The Morgan fingerprint density at radius 1 is 1.16 bits per heavy atom. The van der Waals surface area contributed by atoms with Gasteiger partial charge in [-0.2, -0.15) is 5.10 Å². The van der Waals surface area contributed by atoms with Crippen molar-refractivity contribution in [3.63, 3.8) is 0 Å². The van der Waals surface area contributed by atoms with Crippen LogP contribution in [0.25, 0.3) is 11.3 Å². The van der Waals surface area contributed by atoms with Crippen LogP contribution in [-0.4, -0.2) is 28.8 Å². The second kappa shape index (κ2) is 6.90. The number of urea groups is 1. The summed E-state index contributed by atoms with van der Waals surface area (Å²) in [6, 6.07) is 11.0. The largest absolute Gasteiger partial charge is 0.507 e. The van der Waals surface area contributed by atoms with Gasteiger partial charge in [0.2, 0.25) is 0 Å². The summed E-state index contributed by atoms with van der Waals surface area (Å²) in [6.07, 6.45) is 1.50. The van der Waals surface area contributed by atoms with Crippen molar-refractivity contribution in [1.82, 2.24) is 9.78 Å². The molecule has 0 aliphatic carbocycles. The molecule has 3 rings (SSSR count). The van der Waals surface area contributed by atoms with Crippen LogP contribution in [0, 0.1) is 0 Å². The highest BCUT2D eigenvalue weighted by atomic mass is 35.5. The highest BCUT2D eigenvalue weighted by Gasteiger charge is 2.13. The lowest BCUT2D eigenvalue weighted by atomic mass is 9.93. The van der Waals surface area contributed by atoms with E-state index in [1.54, 1.807) is 48.1 Å². The molecule has 3 aromatic rings. The summed E-state index contributed by atoms with van der Waals surface area (Å²) in [7, 11) is 7.62. The molecule has 0 aliphatic heterocycles. The van der Waals surface area contributed by atoms with Gasteiger partial charge in [0.1, 0.15) is 13.6 Å². The number of anilines is 2. The predicted molar refractivity (Wildman–Crippen MR) is 99.8 cm³/mol. The summed E-state index contributed by atoms with van der Waals surface area (Å²) in [4.78, 5) is 12.1. The Kier molecular flexibility index (Phi) is 4.67. The zero-order valence-electron chi connectivity index (χ0n) is 13.3. The number of nitrogens with one attached hydrogen (secondary N) is 2. The molecule has 25 heavy (non-hydrogen) atoms.